The van der Waals surface area contributed by atoms with Gasteiger partial charge in [-0.2, -0.15) is 0 Å². The van der Waals surface area contributed by atoms with Gasteiger partial charge in [0.2, 0.25) is 0 Å². The van der Waals surface area contributed by atoms with Gasteiger partial charge in [0.05, 0.1) is 11.0 Å². The number of hydrogen-bond acceptors (Lipinski definition) is 3. The highest BCUT2D eigenvalue weighted by Crippen LogP contribution is 2.30. The lowest BCUT2D eigenvalue weighted by Gasteiger charge is -2.11. The van der Waals surface area contributed by atoms with Crippen LogP contribution >= 0.6 is 11.6 Å². The molecule has 1 aromatic carbocycles. The SMILES string of the molecule is O=C([O-])c1ccc(Cl)c(OC(F)(F)F)c1. The standard InChI is InChI=1S/C8H4ClF3O3/c9-5-2-1-4(7(13)14)3-6(5)15-8(10,11)12/h1-3H,(H,13,14)/p-1. The van der Waals surface area contributed by atoms with E-state index in [1.807, 2.05) is 0 Å². The number of ether oxygens (including phenoxy) is 1. The molecule has 0 fully saturated rings. The molecule has 0 aromatic heterocycles. The van der Waals surface area contributed by atoms with Gasteiger partial charge in [-0.1, -0.05) is 17.7 Å². The molecule has 0 saturated heterocycles. The highest BCUT2D eigenvalue weighted by atomic mass is 35.5. The minimum absolute atomic E-state index is 0.336. The summed E-state index contributed by atoms with van der Waals surface area (Å²) in [5, 5.41) is 10.0. The smallest absolute Gasteiger partial charge is 0.545 e. The highest BCUT2D eigenvalue weighted by Gasteiger charge is 2.32. The summed E-state index contributed by atoms with van der Waals surface area (Å²) in [7, 11) is 0. The molecule has 0 aliphatic carbocycles. The summed E-state index contributed by atoms with van der Waals surface area (Å²) in [5.41, 5.74) is -0.446. The third-order valence-electron chi connectivity index (χ3n) is 1.39. The molecular formula is C8H3ClF3O3-. The van der Waals surface area contributed by atoms with Crippen molar-refractivity contribution in [3.63, 3.8) is 0 Å². The van der Waals surface area contributed by atoms with Crippen molar-refractivity contribution in [1.82, 2.24) is 0 Å². The average Bonchev–Trinajstić information content (AvgIpc) is 2.06. The minimum Gasteiger partial charge on any atom is -0.545 e. The Morgan fingerprint density at radius 1 is 1.40 bits per heavy atom. The van der Waals surface area contributed by atoms with Crippen molar-refractivity contribution in [2.24, 2.45) is 0 Å². The Balaban J connectivity index is 3.06. The molecule has 0 radical (unpaired) electrons. The molecule has 0 spiro atoms. The van der Waals surface area contributed by atoms with E-state index in [1.165, 1.54) is 0 Å². The van der Waals surface area contributed by atoms with E-state index in [-0.39, 0.29) is 5.02 Å². The molecule has 0 saturated carbocycles. The van der Waals surface area contributed by atoms with Crippen molar-refractivity contribution < 1.29 is 27.8 Å². The zero-order valence-electron chi connectivity index (χ0n) is 6.97. The number of benzene rings is 1. The van der Waals surface area contributed by atoms with Crippen LogP contribution in [0.3, 0.4) is 0 Å². The monoisotopic (exact) mass is 239 g/mol. The molecule has 1 rings (SSSR count). The minimum atomic E-state index is -4.92. The van der Waals surface area contributed by atoms with Gasteiger partial charge in [0, 0.05) is 5.56 Å². The predicted molar refractivity (Wildman–Crippen MR) is 42.5 cm³/mol. The van der Waals surface area contributed by atoms with Gasteiger partial charge < -0.3 is 14.6 Å². The van der Waals surface area contributed by atoms with Crippen LogP contribution in [0, 0.1) is 0 Å². The molecule has 0 heterocycles. The van der Waals surface area contributed by atoms with E-state index in [9.17, 15) is 23.1 Å². The number of carboxylic acid groups (broad SMARTS) is 1. The third-order valence-corrected chi connectivity index (χ3v) is 1.70. The fourth-order valence-electron chi connectivity index (χ4n) is 0.833. The van der Waals surface area contributed by atoms with E-state index in [0.717, 1.165) is 12.1 Å². The molecule has 0 bridgehead atoms. The van der Waals surface area contributed by atoms with E-state index in [2.05, 4.69) is 4.74 Å². The molecule has 0 amide bonds. The maximum atomic E-state index is 11.8. The fraction of sp³-hybridized carbons (Fsp3) is 0.125. The summed E-state index contributed by atoms with van der Waals surface area (Å²) in [6.07, 6.45) is -4.92. The van der Waals surface area contributed by atoms with Crippen molar-refractivity contribution in [2.45, 2.75) is 6.36 Å². The van der Waals surface area contributed by atoms with Crippen LogP contribution in [0.15, 0.2) is 18.2 Å². The van der Waals surface area contributed by atoms with E-state index < -0.39 is 23.6 Å². The van der Waals surface area contributed by atoms with Crippen molar-refractivity contribution in [2.75, 3.05) is 0 Å². The highest BCUT2D eigenvalue weighted by molar-refractivity contribution is 6.32. The molecule has 82 valence electrons. The summed E-state index contributed by atoms with van der Waals surface area (Å²) < 4.78 is 38.9. The third kappa shape index (κ3) is 3.32. The van der Waals surface area contributed by atoms with Crippen molar-refractivity contribution in [3.8, 4) is 5.75 Å². The lowest BCUT2D eigenvalue weighted by atomic mass is 10.2. The van der Waals surface area contributed by atoms with E-state index in [1.54, 1.807) is 0 Å². The number of aromatic carboxylic acids is 1. The van der Waals surface area contributed by atoms with Crippen LogP contribution < -0.4 is 9.84 Å². The summed E-state index contributed by atoms with van der Waals surface area (Å²) in [4.78, 5) is 10.3. The molecule has 0 aliphatic rings. The number of carbonyl (C=O) groups is 1. The Bertz CT molecular complexity index is 389. The average molecular weight is 240 g/mol. The lowest BCUT2D eigenvalue weighted by Crippen LogP contribution is -2.23. The van der Waals surface area contributed by atoms with Crippen LogP contribution in [0.25, 0.3) is 0 Å². The summed E-state index contributed by atoms with van der Waals surface area (Å²) in [6.45, 7) is 0. The van der Waals surface area contributed by atoms with Crippen molar-refractivity contribution in [1.29, 1.82) is 0 Å². The van der Waals surface area contributed by atoms with Crippen LogP contribution in [0.2, 0.25) is 5.02 Å². The first kappa shape index (κ1) is 11.6. The molecule has 1 aromatic rings. The molecule has 0 aliphatic heterocycles. The fourth-order valence-corrected chi connectivity index (χ4v) is 0.989. The number of carbonyl (C=O) groups excluding carboxylic acids is 1. The molecule has 0 unspecified atom stereocenters. The van der Waals surface area contributed by atoms with Crippen LogP contribution in [0.1, 0.15) is 10.4 Å². The first-order chi connectivity index (χ1) is 6.79. The van der Waals surface area contributed by atoms with Crippen LogP contribution in [0.4, 0.5) is 13.2 Å². The zero-order chi connectivity index (χ0) is 11.6. The first-order valence-electron chi connectivity index (χ1n) is 3.56. The zero-order valence-corrected chi connectivity index (χ0v) is 7.72. The second-order valence-corrected chi connectivity index (χ2v) is 2.89. The van der Waals surface area contributed by atoms with E-state index >= 15 is 0 Å². The van der Waals surface area contributed by atoms with Gasteiger partial charge in [-0.15, -0.1) is 13.2 Å². The Morgan fingerprint density at radius 3 is 2.47 bits per heavy atom. The summed E-state index contributed by atoms with van der Waals surface area (Å²) in [5.74, 6) is -2.38. The van der Waals surface area contributed by atoms with Gasteiger partial charge in [-0.25, -0.2) is 0 Å². The van der Waals surface area contributed by atoms with E-state index in [0.29, 0.717) is 6.07 Å². The number of alkyl halides is 3. The van der Waals surface area contributed by atoms with Crippen molar-refractivity contribution >= 4 is 17.6 Å². The molecule has 15 heavy (non-hydrogen) atoms. The van der Waals surface area contributed by atoms with Gasteiger partial charge in [-0.3, -0.25) is 0 Å². The normalized spacial score (nSPS) is 11.2. The first-order valence-corrected chi connectivity index (χ1v) is 3.94. The largest absolute Gasteiger partial charge is 0.573 e. The Kier molecular flexibility index (Phi) is 3.09. The van der Waals surface area contributed by atoms with Gasteiger partial charge >= 0.3 is 6.36 Å². The second-order valence-electron chi connectivity index (χ2n) is 2.48. The van der Waals surface area contributed by atoms with Crippen molar-refractivity contribution in [3.05, 3.63) is 28.8 Å². The quantitative estimate of drug-likeness (QED) is 0.788. The van der Waals surface area contributed by atoms with Gasteiger partial charge in [-0.05, 0) is 12.1 Å². The lowest BCUT2D eigenvalue weighted by molar-refractivity contribution is -0.275. The van der Waals surface area contributed by atoms with Gasteiger partial charge in [0.25, 0.3) is 0 Å². The maximum absolute atomic E-state index is 11.8. The summed E-state index contributed by atoms with van der Waals surface area (Å²) in [6, 6.07) is 2.64. The number of rotatable bonds is 2. The molecule has 3 nitrogen and oxygen atoms in total. The maximum Gasteiger partial charge on any atom is 0.573 e. The number of halogens is 4. The van der Waals surface area contributed by atoms with Crippen LogP contribution in [-0.2, 0) is 0 Å². The Hall–Kier alpha value is -1.43. The Morgan fingerprint density at radius 2 is 2.00 bits per heavy atom. The summed E-state index contributed by atoms with van der Waals surface area (Å²) >= 11 is 5.37. The Labute approximate surface area is 87.0 Å². The van der Waals surface area contributed by atoms with Gasteiger partial charge in [0.15, 0.2) is 0 Å². The molecule has 7 heteroatoms. The molecule has 0 atom stereocenters. The molecule has 0 N–H and O–H groups in total. The van der Waals surface area contributed by atoms with E-state index in [4.69, 9.17) is 11.6 Å². The topological polar surface area (TPSA) is 49.4 Å². The number of carboxylic acids is 1. The second kappa shape index (κ2) is 3.98. The number of hydrogen-bond donors (Lipinski definition) is 0. The van der Waals surface area contributed by atoms with Gasteiger partial charge in [0.1, 0.15) is 5.75 Å². The van der Waals surface area contributed by atoms with Crippen LogP contribution in [0.5, 0.6) is 5.75 Å². The van der Waals surface area contributed by atoms with Crippen LogP contribution in [-0.4, -0.2) is 12.3 Å². The molecular weight excluding hydrogens is 237 g/mol. The predicted octanol–water partition coefficient (Wildman–Crippen LogP) is 1.60.